The van der Waals surface area contributed by atoms with E-state index in [4.69, 9.17) is 33.2 Å². The van der Waals surface area contributed by atoms with Crippen LogP contribution < -0.4 is 29.0 Å². The van der Waals surface area contributed by atoms with E-state index in [1.807, 2.05) is 13.8 Å². The molecule has 15 heteroatoms. The Morgan fingerprint density at radius 2 is 1.75 bits per heavy atom. The summed E-state index contributed by atoms with van der Waals surface area (Å²) >= 11 is 1.55. The van der Waals surface area contributed by atoms with Gasteiger partial charge in [-0.15, -0.1) is 11.8 Å². The Bertz CT molecular complexity index is 2210. The zero-order chi connectivity index (χ0) is 40.3. The van der Waals surface area contributed by atoms with Gasteiger partial charge in [-0.25, -0.2) is 9.59 Å². The number of piperazine rings is 1. The second-order valence-corrected chi connectivity index (χ2v) is 18.0. The number of carbonyl (C=O) groups excluding carboxylic acids is 2. The summed E-state index contributed by atoms with van der Waals surface area (Å²) in [5.41, 5.74) is 4.16. The third-order valence-corrected chi connectivity index (χ3v) is 14.0. The number of aromatic hydroxyl groups is 2. The summed E-state index contributed by atoms with van der Waals surface area (Å²) in [6.45, 7) is 10.1. The SMILES string of the molecule is COc1cc2c(cc1OC(=O)OC(C)(C)C)CCN[C@]21CS[C@@H]2c3c(O)c(C)c4c(c3C(COC1=O)N1C[C@@H]3Cc5cc(C)c(OC)c(O)c5[C@H](C21)N3C)OCO4. The van der Waals surface area contributed by atoms with E-state index in [1.165, 1.54) is 7.11 Å². The van der Waals surface area contributed by atoms with Crippen LogP contribution in [0.2, 0.25) is 0 Å². The standard InChI is InChI=1S/C42H49N3O11S/c1-19-11-22-12-23-15-45-25-16-52-39(48)42(24-14-26(50-7)27(13-21(24)9-10-43-42)55-40(49)56-41(3,4)5)17-57-38(30-29(25)37-36(53-18-54-37)20(2)33(30)46)32(45)31(44(23)6)28(22)34(47)35(19)51-8/h11,13-14,23,25,31-32,38,43,46-47H,9-10,12,15-18H2,1-8H3/t23-,25?,31+,32?,38+,42+/m0/s1. The third kappa shape index (κ3) is 5.70. The van der Waals surface area contributed by atoms with Crippen LogP contribution in [0.1, 0.15) is 82.6 Å². The lowest BCUT2D eigenvalue weighted by atomic mass is 9.73. The van der Waals surface area contributed by atoms with Crippen molar-refractivity contribution in [3.63, 3.8) is 0 Å². The van der Waals surface area contributed by atoms with E-state index < -0.39 is 34.6 Å². The Kier molecular flexibility index (Phi) is 8.99. The molecule has 304 valence electrons. The van der Waals surface area contributed by atoms with Gasteiger partial charge >= 0.3 is 12.1 Å². The Morgan fingerprint density at radius 3 is 2.49 bits per heavy atom. The van der Waals surface area contributed by atoms with E-state index in [9.17, 15) is 19.8 Å². The predicted molar refractivity (Wildman–Crippen MR) is 209 cm³/mol. The number of esters is 1. The summed E-state index contributed by atoms with van der Waals surface area (Å²) < 4.78 is 41.2. The zero-order valence-electron chi connectivity index (χ0n) is 33.4. The number of ether oxygens (including phenoxy) is 7. The molecular weight excluding hydrogens is 755 g/mol. The number of benzene rings is 3. The average Bonchev–Trinajstić information content (AvgIpc) is 3.64. The van der Waals surface area contributed by atoms with E-state index in [-0.39, 0.29) is 60.3 Å². The molecule has 0 aliphatic carbocycles. The lowest BCUT2D eigenvalue weighted by Crippen LogP contribution is -2.65. The van der Waals surface area contributed by atoms with Crippen molar-refractivity contribution in [2.75, 3.05) is 53.5 Å². The lowest BCUT2D eigenvalue weighted by Gasteiger charge is -2.60. The van der Waals surface area contributed by atoms with Crippen molar-refractivity contribution in [2.45, 2.75) is 88.0 Å². The van der Waals surface area contributed by atoms with Crippen LogP contribution >= 0.6 is 11.8 Å². The lowest BCUT2D eigenvalue weighted by molar-refractivity contribution is -0.156. The van der Waals surface area contributed by atoms with Crippen molar-refractivity contribution in [1.82, 2.24) is 15.1 Å². The van der Waals surface area contributed by atoms with Crippen molar-refractivity contribution >= 4 is 23.9 Å². The van der Waals surface area contributed by atoms with Gasteiger partial charge < -0.3 is 43.4 Å². The largest absolute Gasteiger partial charge is 0.514 e. The van der Waals surface area contributed by atoms with E-state index >= 15 is 0 Å². The summed E-state index contributed by atoms with van der Waals surface area (Å²) in [4.78, 5) is 32.3. The van der Waals surface area contributed by atoms with Crippen LogP contribution in [0, 0.1) is 13.8 Å². The van der Waals surface area contributed by atoms with E-state index in [1.54, 1.807) is 51.8 Å². The molecule has 2 unspecified atom stereocenters. The number of phenolic OH excluding ortho intramolecular Hbond substituents is 2. The first-order valence-electron chi connectivity index (χ1n) is 19.3. The number of rotatable bonds is 3. The van der Waals surface area contributed by atoms with Crippen LogP contribution in [0.25, 0.3) is 0 Å². The molecule has 2 fully saturated rings. The minimum atomic E-state index is -1.34. The fourth-order valence-corrected chi connectivity index (χ4v) is 11.8. The number of thioether (sulfide) groups is 1. The van der Waals surface area contributed by atoms with Crippen molar-refractivity contribution in [2.24, 2.45) is 0 Å². The van der Waals surface area contributed by atoms with Gasteiger partial charge in [-0.3, -0.25) is 15.1 Å². The van der Waals surface area contributed by atoms with Crippen LogP contribution in [-0.2, 0) is 32.6 Å². The third-order valence-electron chi connectivity index (χ3n) is 12.5. The normalized spacial score (nSPS) is 27.4. The molecule has 7 aliphatic rings. The maximum atomic E-state index is 14.8. The molecule has 3 N–H and O–H groups in total. The van der Waals surface area contributed by atoms with E-state index in [2.05, 4.69) is 28.2 Å². The molecule has 0 aromatic heterocycles. The molecule has 0 amide bonds. The number of carbonyl (C=O) groups is 2. The van der Waals surface area contributed by atoms with Gasteiger partial charge in [0, 0.05) is 53.2 Å². The Labute approximate surface area is 335 Å². The molecule has 1 spiro atoms. The zero-order valence-corrected chi connectivity index (χ0v) is 34.3. The summed E-state index contributed by atoms with van der Waals surface area (Å²) in [6.07, 6.45) is 0.392. The molecule has 2 saturated heterocycles. The monoisotopic (exact) mass is 803 g/mol. The number of hydrogen-bond donors (Lipinski definition) is 3. The number of likely N-dealkylation sites (N-methyl/N-ethyl adjacent to an activating group) is 1. The van der Waals surface area contributed by atoms with Crippen molar-refractivity contribution in [3.8, 4) is 40.2 Å². The van der Waals surface area contributed by atoms with Crippen molar-refractivity contribution in [3.05, 3.63) is 62.7 Å². The number of nitrogens with zero attached hydrogens (tertiary/aromatic N) is 2. The Morgan fingerprint density at radius 1 is 0.982 bits per heavy atom. The highest BCUT2D eigenvalue weighted by molar-refractivity contribution is 7.99. The topological polar surface area (TPSA) is 158 Å². The van der Waals surface area contributed by atoms with Gasteiger partial charge in [-0.05, 0) is 88.9 Å². The molecule has 0 saturated carbocycles. The molecule has 57 heavy (non-hydrogen) atoms. The first-order valence-corrected chi connectivity index (χ1v) is 20.4. The highest BCUT2D eigenvalue weighted by Gasteiger charge is 2.58. The smallest absolute Gasteiger partial charge is 0.507 e. The maximum Gasteiger partial charge on any atom is 0.514 e. The number of nitrogens with one attached hydrogen (secondary N) is 1. The molecular formula is C42H49N3O11S. The summed E-state index contributed by atoms with van der Waals surface area (Å²) in [5.74, 6) is 1.94. The molecule has 7 heterocycles. The van der Waals surface area contributed by atoms with Crippen molar-refractivity contribution < 1.29 is 53.0 Å². The predicted octanol–water partition coefficient (Wildman–Crippen LogP) is 5.48. The minimum absolute atomic E-state index is 0.0134. The highest BCUT2D eigenvalue weighted by atomic mass is 32.2. The Balaban J connectivity index is 1.21. The maximum absolute atomic E-state index is 14.8. The summed E-state index contributed by atoms with van der Waals surface area (Å²) in [5, 5.41) is 27.4. The molecule has 4 bridgehead atoms. The van der Waals surface area contributed by atoms with Crippen LogP contribution in [0.3, 0.4) is 0 Å². The van der Waals surface area contributed by atoms with Crippen LogP contribution in [0.15, 0.2) is 18.2 Å². The number of methoxy groups -OCH3 is 2. The second-order valence-electron chi connectivity index (χ2n) is 16.8. The summed E-state index contributed by atoms with van der Waals surface area (Å²) in [7, 11) is 5.16. The first kappa shape index (κ1) is 38.0. The van der Waals surface area contributed by atoms with Gasteiger partial charge in [-0.2, -0.15) is 0 Å². The molecule has 3 aromatic rings. The second kappa shape index (κ2) is 13.5. The highest BCUT2D eigenvalue weighted by Crippen LogP contribution is 2.63. The first-order chi connectivity index (χ1) is 27.2. The van der Waals surface area contributed by atoms with Crippen LogP contribution in [-0.4, -0.2) is 103 Å². The number of hydrogen-bond acceptors (Lipinski definition) is 15. The number of phenols is 2. The fourth-order valence-electron chi connectivity index (χ4n) is 10.1. The molecule has 3 aromatic carbocycles. The number of aryl methyl sites for hydroxylation is 1. The van der Waals surface area contributed by atoms with Crippen molar-refractivity contribution in [1.29, 1.82) is 0 Å². The summed E-state index contributed by atoms with van der Waals surface area (Å²) in [6, 6.07) is 4.58. The van der Waals surface area contributed by atoms with Gasteiger partial charge in [0.1, 0.15) is 18.0 Å². The Hall–Kier alpha value is -4.57. The van der Waals surface area contributed by atoms with E-state index in [0.29, 0.717) is 59.9 Å². The van der Waals surface area contributed by atoms with Crippen LogP contribution in [0.4, 0.5) is 4.79 Å². The van der Waals surface area contributed by atoms with Gasteiger partial charge in [0.05, 0.1) is 31.6 Å². The quantitative estimate of drug-likeness (QED) is 0.226. The molecule has 7 aliphatic heterocycles. The van der Waals surface area contributed by atoms with Gasteiger partial charge in [0.15, 0.2) is 40.0 Å². The molecule has 14 nitrogen and oxygen atoms in total. The van der Waals surface area contributed by atoms with E-state index in [0.717, 1.165) is 27.8 Å². The van der Waals surface area contributed by atoms with Crippen LogP contribution in [0.5, 0.6) is 40.2 Å². The molecule has 10 rings (SSSR count). The van der Waals surface area contributed by atoms with Gasteiger partial charge in [0.2, 0.25) is 6.79 Å². The van der Waals surface area contributed by atoms with Gasteiger partial charge in [0.25, 0.3) is 0 Å². The van der Waals surface area contributed by atoms with Gasteiger partial charge in [-0.1, -0.05) is 6.07 Å². The average molecular weight is 804 g/mol. The molecule has 0 radical (unpaired) electrons. The molecule has 6 atom stereocenters. The number of fused-ring (bicyclic) bond motifs is 9. The minimum Gasteiger partial charge on any atom is -0.507 e. The fraction of sp³-hybridized carbons (Fsp3) is 0.524.